The molecule has 2 N–H and O–H groups in total. The average Bonchev–Trinajstić information content (AvgIpc) is 3.09. The summed E-state index contributed by atoms with van der Waals surface area (Å²) in [4.78, 5) is 12.7. The second-order valence-corrected chi connectivity index (χ2v) is 7.90. The molecule has 2 atom stereocenters. The molecule has 1 aromatic heterocycles. The van der Waals surface area contributed by atoms with Crippen LogP contribution in [0.5, 0.6) is 0 Å². The largest absolute Gasteiger partial charge is 0.289 e. The van der Waals surface area contributed by atoms with Crippen molar-refractivity contribution in [3.8, 4) is 10.4 Å². The van der Waals surface area contributed by atoms with Gasteiger partial charge in [0.2, 0.25) is 0 Å². The highest BCUT2D eigenvalue weighted by Crippen LogP contribution is 2.25. The van der Waals surface area contributed by atoms with Crippen LogP contribution in [0.3, 0.4) is 0 Å². The zero-order chi connectivity index (χ0) is 16.7. The summed E-state index contributed by atoms with van der Waals surface area (Å²) in [7, 11) is -1.27. The zero-order valence-corrected chi connectivity index (χ0v) is 14.7. The van der Waals surface area contributed by atoms with Gasteiger partial charge in [-0.3, -0.25) is 14.2 Å². The number of nitrogens with one attached hydrogen (secondary N) is 1. The Labute approximate surface area is 143 Å². The molecule has 1 aromatic carbocycles. The molecule has 124 valence electrons. The van der Waals surface area contributed by atoms with Crippen LogP contribution in [0.15, 0.2) is 41.8 Å². The summed E-state index contributed by atoms with van der Waals surface area (Å²) in [6, 6.07) is 12.7. The molecule has 2 rings (SSSR count). The molecular formula is C17H21NO3S2. The van der Waals surface area contributed by atoms with Crippen LogP contribution < -0.4 is 5.48 Å². The zero-order valence-electron chi connectivity index (χ0n) is 13.0. The number of hydrogen-bond donors (Lipinski definition) is 2. The van der Waals surface area contributed by atoms with E-state index in [-0.39, 0.29) is 0 Å². The van der Waals surface area contributed by atoms with E-state index in [0.717, 1.165) is 19.3 Å². The SMILES string of the molecule is CS(=O)C(CCCCc1ccc(-c2cccs2)cc1)C(=O)NO. The molecule has 0 aliphatic rings. The van der Waals surface area contributed by atoms with Gasteiger partial charge in [-0.05, 0) is 41.8 Å². The maximum Gasteiger partial charge on any atom is 0.259 e. The van der Waals surface area contributed by atoms with Crippen molar-refractivity contribution in [2.75, 3.05) is 6.26 Å². The minimum absolute atomic E-state index is 0.517. The first-order valence-corrected chi connectivity index (χ1v) is 10.0. The second kappa shape index (κ2) is 8.96. The lowest BCUT2D eigenvalue weighted by molar-refractivity contribution is -0.128. The van der Waals surface area contributed by atoms with Crippen LogP contribution in [-0.4, -0.2) is 26.8 Å². The normalized spacial score (nSPS) is 13.5. The van der Waals surface area contributed by atoms with E-state index in [0.29, 0.717) is 6.42 Å². The summed E-state index contributed by atoms with van der Waals surface area (Å²) in [5.74, 6) is -0.564. The van der Waals surface area contributed by atoms with E-state index in [1.165, 1.54) is 22.3 Å². The Balaban J connectivity index is 1.80. The van der Waals surface area contributed by atoms with E-state index in [4.69, 9.17) is 5.21 Å². The van der Waals surface area contributed by atoms with Crippen LogP contribution in [0, 0.1) is 0 Å². The van der Waals surface area contributed by atoms with Crippen molar-refractivity contribution >= 4 is 28.0 Å². The molecule has 0 aliphatic heterocycles. The number of hydroxylamine groups is 1. The highest BCUT2D eigenvalue weighted by atomic mass is 32.2. The fourth-order valence-corrected chi connectivity index (χ4v) is 4.04. The van der Waals surface area contributed by atoms with Crippen molar-refractivity contribution in [3.63, 3.8) is 0 Å². The smallest absolute Gasteiger partial charge is 0.259 e. The lowest BCUT2D eigenvalue weighted by Gasteiger charge is -2.11. The summed E-state index contributed by atoms with van der Waals surface area (Å²) in [5.41, 5.74) is 4.08. The number of rotatable bonds is 8. The molecule has 6 heteroatoms. The number of benzene rings is 1. The van der Waals surface area contributed by atoms with E-state index < -0.39 is 22.0 Å². The highest BCUT2D eigenvalue weighted by Gasteiger charge is 2.21. The average molecular weight is 351 g/mol. The van der Waals surface area contributed by atoms with Crippen molar-refractivity contribution in [3.05, 3.63) is 47.3 Å². The van der Waals surface area contributed by atoms with Crippen molar-refractivity contribution in [1.29, 1.82) is 0 Å². The summed E-state index contributed by atoms with van der Waals surface area (Å²) in [6.45, 7) is 0. The first-order valence-electron chi connectivity index (χ1n) is 7.51. The number of carbonyl (C=O) groups is 1. The number of unbranched alkanes of at least 4 members (excludes halogenated alkanes) is 1. The van der Waals surface area contributed by atoms with Gasteiger partial charge >= 0.3 is 0 Å². The lowest BCUT2D eigenvalue weighted by Crippen LogP contribution is -2.35. The molecule has 4 nitrogen and oxygen atoms in total. The van der Waals surface area contributed by atoms with Crippen LogP contribution in [0.1, 0.15) is 24.8 Å². The molecule has 2 aromatic rings. The van der Waals surface area contributed by atoms with Crippen LogP contribution in [-0.2, 0) is 22.0 Å². The van der Waals surface area contributed by atoms with Crippen LogP contribution >= 0.6 is 11.3 Å². The molecule has 0 spiro atoms. The summed E-state index contributed by atoms with van der Waals surface area (Å²) < 4.78 is 11.5. The Hall–Kier alpha value is -1.50. The first kappa shape index (κ1) is 17.8. The predicted octanol–water partition coefficient (Wildman–Crippen LogP) is 3.38. The number of amides is 1. The maximum absolute atomic E-state index is 11.5. The van der Waals surface area contributed by atoms with Gasteiger partial charge in [0, 0.05) is 21.9 Å². The molecule has 0 bridgehead atoms. The Kier molecular flexibility index (Phi) is 6.95. The fraction of sp³-hybridized carbons (Fsp3) is 0.353. The van der Waals surface area contributed by atoms with E-state index in [9.17, 15) is 9.00 Å². The lowest BCUT2D eigenvalue weighted by atomic mass is 10.0. The summed E-state index contributed by atoms with van der Waals surface area (Å²) in [6.07, 6.45) is 4.65. The van der Waals surface area contributed by atoms with Crippen LogP contribution in [0.25, 0.3) is 10.4 Å². The van der Waals surface area contributed by atoms with E-state index in [1.807, 2.05) is 6.07 Å². The summed E-state index contributed by atoms with van der Waals surface area (Å²) >= 11 is 1.73. The third-order valence-corrected chi connectivity index (χ3v) is 5.91. The van der Waals surface area contributed by atoms with Crippen molar-refractivity contribution in [2.45, 2.75) is 30.9 Å². The molecule has 0 fully saturated rings. The maximum atomic E-state index is 11.5. The van der Waals surface area contributed by atoms with E-state index >= 15 is 0 Å². The van der Waals surface area contributed by atoms with Gasteiger partial charge < -0.3 is 0 Å². The van der Waals surface area contributed by atoms with Gasteiger partial charge in [-0.2, -0.15) is 0 Å². The Morgan fingerprint density at radius 1 is 1.26 bits per heavy atom. The predicted molar refractivity (Wildman–Crippen MR) is 95.1 cm³/mol. The molecule has 1 heterocycles. The number of carbonyl (C=O) groups excluding carboxylic acids is 1. The van der Waals surface area contributed by atoms with Gasteiger partial charge in [0.1, 0.15) is 5.25 Å². The standard InChI is InChI=1S/C17H21NO3S2/c1-23(21)16(17(19)18-20)7-3-2-5-13-8-10-14(11-9-13)15-6-4-12-22-15/h4,6,8-12,16,20H,2-3,5,7H2,1H3,(H,18,19). The molecule has 0 aliphatic carbocycles. The third-order valence-electron chi connectivity index (χ3n) is 3.74. The van der Waals surface area contributed by atoms with Gasteiger partial charge in [0.15, 0.2) is 0 Å². The number of aryl methyl sites for hydroxylation is 1. The topological polar surface area (TPSA) is 66.4 Å². The molecule has 2 unspecified atom stereocenters. The fourth-order valence-electron chi connectivity index (χ4n) is 2.46. The van der Waals surface area contributed by atoms with Crippen LogP contribution in [0.2, 0.25) is 0 Å². The third kappa shape index (κ3) is 5.27. The summed E-state index contributed by atoms with van der Waals surface area (Å²) in [5, 5.41) is 10.1. The van der Waals surface area contributed by atoms with Crippen molar-refractivity contribution in [1.82, 2.24) is 5.48 Å². The van der Waals surface area contributed by atoms with Gasteiger partial charge in [-0.1, -0.05) is 36.8 Å². The highest BCUT2D eigenvalue weighted by molar-refractivity contribution is 7.85. The molecule has 0 saturated heterocycles. The molecule has 0 saturated carbocycles. The van der Waals surface area contributed by atoms with Gasteiger partial charge in [-0.25, -0.2) is 5.48 Å². The molecule has 1 amide bonds. The minimum Gasteiger partial charge on any atom is -0.289 e. The Morgan fingerprint density at radius 3 is 2.57 bits per heavy atom. The Morgan fingerprint density at radius 2 is 2.00 bits per heavy atom. The number of thiophene rings is 1. The quantitative estimate of drug-likeness (QED) is 0.435. The first-order chi connectivity index (χ1) is 11.1. The van der Waals surface area contributed by atoms with Crippen molar-refractivity contribution < 1.29 is 14.2 Å². The number of hydrogen-bond acceptors (Lipinski definition) is 4. The monoisotopic (exact) mass is 351 g/mol. The van der Waals surface area contributed by atoms with Gasteiger partial charge in [0.05, 0.1) is 0 Å². The molecule has 0 radical (unpaired) electrons. The molecule has 23 heavy (non-hydrogen) atoms. The van der Waals surface area contributed by atoms with Crippen LogP contribution in [0.4, 0.5) is 0 Å². The van der Waals surface area contributed by atoms with E-state index in [1.54, 1.807) is 16.8 Å². The minimum atomic E-state index is -1.27. The Bertz CT molecular complexity index is 638. The van der Waals surface area contributed by atoms with E-state index in [2.05, 4.69) is 35.7 Å². The van der Waals surface area contributed by atoms with Gasteiger partial charge in [0.25, 0.3) is 5.91 Å². The van der Waals surface area contributed by atoms with Gasteiger partial charge in [-0.15, -0.1) is 11.3 Å². The van der Waals surface area contributed by atoms with Crippen molar-refractivity contribution in [2.24, 2.45) is 0 Å². The second-order valence-electron chi connectivity index (χ2n) is 5.38. The molecular weight excluding hydrogens is 330 g/mol.